The molecule has 0 saturated heterocycles. The van der Waals surface area contributed by atoms with Gasteiger partial charge in [-0.1, -0.05) is 42.3 Å². The van der Waals surface area contributed by atoms with Crippen LogP contribution in [0.5, 0.6) is 0 Å². The molecule has 1 fully saturated rings. The zero-order valence-electron chi connectivity index (χ0n) is 10.4. The maximum absolute atomic E-state index is 6.16. The molecule has 1 saturated carbocycles. The first-order valence-electron chi connectivity index (χ1n) is 6.51. The lowest BCUT2D eigenvalue weighted by Crippen LogP contribution is -2.11. The lowest BCUT2D eigenvalue weighted by atomic mass is 10.1. The minimum atomic E-state index is 0.799. The smallest absolute Gasteiger partial charge is 0.183 e. The molecule has 4 heteroatoms. The number of benzene rings is 1. The van der Waals surface area contributed by atoms with Gasteiger partial charge in [0.15, 0.2) is 5.13 Å². The van der Waals surface area contributed by atoms with Crippen molar-refractivity contribution in [2.75, 3.05) is 11.9 Å². The highest BCUT2D eigenvalue weighted by Gasteiger charge is 2.21. The molecule has 0 aliphatic heterocycles. The summed E-state index contributed by atoms with van der Waals surface area (Å²) >= 11 is 7.81. The summed E-state index contributed by atoms with van der Waals surface area (Å²) in [6, 6.07) is 5.89. The molecule has 2 nitrogen and oxygen atoms in total. The van der Waals surface area contributed by atoms with Crippen LogP contribution >= 0.6 is 22.9 Å². The Morgan fingerprint density at radius 1 is 1.44 bits per heavy atom. The van der Waals surface area contributed by atoms with Crippen LogP contribution in [0.25, 0.3) is 10.2 Å². The molecule has 1 aliphatic rings. The third kappa shape index (κ3) is 2.47. The Kier molecular flexibility index (Phi) is 3.44. The Hall–Kier alpha value is -0.800. The first kappa shape index (κ1) is 12.2. The Bertz CT molecular complexity index is 552. The Morgan fingerprint density at radius 3 is 3.06 bits per heavy atom. The molecule has 96 valence electrons. The van der Waals surface area contributed by atoms with Crippen molar-refractivity contribution in [2.45, 2.75) is 26.2 Å². The van der Waals surface area contributed by atoms with Crippen molar-refractivity contribution in [3.63, 3.8) is 0 Å². The summed E-state index contributed by atoms with van der Waals surface area (Å²) in [7, 11) is 0. The van der Waals surface area contributed by atoms with Crippen LogP contribution in [0.2, 0.25) is 5.02 Å². The predicted octanol–water partition coefficient (Wildman–Crippen LogP) is 4.80. The van der Waals surface area contributed by atoms with Crippen molar-refractivity contribution in [3.05, 3.63) is 23.2 Å². The van der Waals surface area contributed by atoms with E-state index in [0.29, 0.717) is 0 Å². The van der Waals surface area contributed by atoms with E-state index in [1.165, 1.54) is 19.3 Å². The summed E-state index contributed by atoms with van der Waals surface area (Å²) in [6.07, 6.45) is 4.07. The van der Waals surface area contributed by atoms with Crippen LogP contribution in [0, 0.1) is 11.8 Å². The number of anilines is 1. The monoisotopic (exact) mass is 280 g/mol. The van der Waals surface area contributed by atoms with Crippen molar-refractivity contribution in [1.82, 2.24) is 4.98 Å². The van der Waals surface area contributed by atoms with E-state index in [1.807, 2.05) is 18.2 Å². The number of thiazole rings is 1. The number of halogens is 1. The van der Waals surface area contributed by atoms with E-state index in [0.717, 1.165) is 38.8 Å². The van der Waals surface area contributed by atoms with E-state index >= 15 is 0 Å². The highest BCUT2D eigenvalue weighted by Crippen LogP contribution is 2.33. The number of fused-ring (bicyclic) bond motifs is 1. The molecule has 0 bridgehead atoms. The SMILES string of the molecule is CC1CCC(CNc2nc3cccc(Cl)c3s2)C1. The quantitative estimate of drug-likeness (QED) is 0.874. The van der Waals surface area contributed by atoms with E-state index < -0.39 is 0 Å². The molecule has 1 heterocycles. The van der Waals surface area contributed by atoms with Gasteiger partial charge in [0.1, 0.15) is 0 Å². The second-order valence-electron chi connectivity index (χ2n) is 5.27. The van der Waals surface area contributed by atoms with Crippen LogP contribution in [0.3, 0.4) is 0 Å². The van der Waals surface area contributed by atoms with E-state index in [4.69, 9.17) is 11.6 Å². The van der Waals surface area contributed by atoms with E-state index in [1.54, 1.807) is 11.3 Å². The predicted molar refractivity (Wildman–Crippen MR) is 79.6 cm³/mol. The van der Waals surface area contributed by atoms with Crippen molar-refractivity contribution in [1.29, 1.82) is 0 Å². The Labute approximate surface area is 116 Å². The molecule has 0 radical (unpaired) electrons. The minimum absolute atomic E-state index is 0.799. The van der Waals surface area contributed by atoms with Gasteiger partial charge in [0.2, 0.25) is 0 Å². The highest BCUT2D eigenvalue weighted by molar-refractivity contribution is 7.22. The highest BCUT2D eigenvalue weighted by atomic mass is 35.5. The number of hydrogen-bond acceptors (Lipinski definition) is 3. The van der Waals surface area contributed by atoms with Crippen LogP contribution in [0.15, 0.2) is 18.2 Å². The molecular formula is C14H17ClN2S. The van der Waals surface area contributed by atoms with Crippen molar-refractivity contribution >= 4 is 38.3 Å². The largest absolute Gasteiger partial charge is 0.361 e. The van der Waals surface area contributed by atoms with Crippen molar-refractivity contribution in [3.8, 4) is 0 Å². The third-order valence-corrected chi connectivity index (χ3v) is 5.20. The number of hydrogen-bond donors (Lipinski definition) is 1. The van der Waals surface area contributed by atoms with Crippen molar-refractivity contribution < 1.29 is 0 Å². The summed E-state index contributed by atoms with van der Waals surface area (Å²) in [5, 5.41) is 5.27. The molecule has 0 amide bonds. The van der Waals surface area contributed by atoms with Crippen LogP contribution in [-0.4, -0.2) is 11.5 Å². The standard InChI is InChI=1S/C14H17ClN2S/c1-9-5-6-10(7-9)8-16-14-17-12-4-2-3-11(15)13(12)18-14/h2-4,9-10H,5-8H2,1H3,(H,16,17). The zero-order chi connectivity index (χ0) is 12.5. The van der Waals surface area contributed by atoms with Gasteiger partial charge >= 0.3 is 0 Å². The fourth-order valence-electron chi connectivity index (χ4n) is 2.73. The van der Waals surface area contributed by atoms with Gasteiger partial charge in [0.05, 0.1) is 15.2 Å². The summed E-state index contributed by atoms with van der Waals surface area (Å²) < 4.78 is 1.08. The van der Waals surface area contributed by atoms with Crippen LogP contribution in [0.4, 0.5) is 5.13 Å². The average molecular weight is 281 g/mol. The molecule has 1 aromatic heterocycles. The Balaban J connectivity index is 1.69. The van der Waals surface area contributed by atoms with E-state index in [-0.39, 0.29) is 0 Å². The molecule has 2 unspecified atom stereocenters. The average Bonchev–Trinajstić information content (AvgIpc) is 2.93. The van der Waals surface area contributed by atoms with Crippen LogP contribution in [-0.2, 0) is 0 Å². The fourth-order valence-corrected chi connectivity index (χ4v) is 3.89. The molecule has 3 rings (SSSR count). The van der Waals surface area contributed by atoms with Gasteiger partial charge in [-0.2, -0.15) is 0 Å². The first-order valence-corrected chi connectivity index (χ1v) is 7.71. The van der Waals surface area contributed by atoms with Crippen molar-refractivity contribution in [2.24, 2.45) is 11.8 Å². The molecule has 0 spiro atoms. The molecule has 18 heavy (non-hydrogen) atoms. The van der Waals surface area contributed by atoms with Gasteiger partial charge in [0.25, 0.3) is 0 Å². The second kappa shape index (κ2) is 5.06. The molecule has 2 aromatic rings. The molecular weight excluding hydrogens is 264 g/mol. The number of aromatic nitrogens is 1. The minimum Gasteiger partial charge on any atom is -0.361 e. The van der Waals surface area contributed by atoms with E-state index in [2.05, 4.69) is 17.2 Å². The second-order valence-corrected chi connectivity index (χ2v) is 6.68. The number of rotatable bonds is 3. The topological polar surface area (TPSA) is 24.9 Å². The maximum atomic E-state index is 6.16. The summed E-state index contributed by atoms with van der Waals surface area (Å²) in [5.74, 6) is 1.70. The molecule has 1 aromatic carbocycles. The van der Waals surface area contributed by atoms with Gasteiger partial charge in [-0.05, 0) is 36.8 Å². The summed E-state index contributed by atoms with van der Waals surface area (Å²) in [4.78, 5) is 4.58. The van der Waals surface area contributed by atoms with Gasteiger partial charge in [-0.15, -0.1) is 0 Å². The third-order valence-electron chi connectivity index (χ3n) is 3.71. The maximum Gasteiger partial charge on any atom is 0.183 e. The van der Waals surface area contributed by atoms with Crippen LogP contribution < -0.4 is 5.32 Å². The molecule has 1 aliphatic carbocycles. The van der Waals surface area contributed by atoms with Gasteiger partial charge in [-0.3, -0.25) is 0 Å². The Morgan fingerprint density at radius 2 is 2.33 bits per heavy atom. The van der Waals surface area contributed by atoms with Gasteiger partial charge < -0.3 is 5.32 Å². The zero-order valence-corrected chi connectivity index (χ0v) is 12.0. The van der Waals surface area contributed by atoms with Gasteiger partial charge in [0, 0.05) is 6.54 Å². The summed E-state index contributed by atoms with van der Waals surface area (Å²) in [6.45, 7) is 3.39. The molecule has 1 N–H and O–H groups in total. The lowest BCUT2D eigenvalue weighted by Gasteiger charge is -2.09. The van der Waals surface area contributed by atoms with E-state index in [9.17, 15) is 0 Å². The lowest BCUT2D eigenvalue weighted by molar-refractivity contribution is 0.537. The number of nitrogens with one attached hydrogen (secondary N) is 1. The van der Waals surface area contributed by atoms with Gasteiger partial charge in [-0.25, -0.2) is 4.98 Å². The fraction of sp³-hybridized carbons (Fsp3) is 0.500. The van der Waals surface area contributed by atoms with Crippen LogP contribution in [0.1, 0.15) is 26.2 Å². The first-order chi connectivity index (χ1) is 8.72. The number of nitrogens with zero attached hydrogens (tertiary/aromatic N) is 1. The summed E-state index contributed by atoms with van der Waals surface area (Å²) in [5.41, 5.74) is 0.995. The molecule has 2 atom stereocenters. The normalized spacial score (nSPS) is 23.7.